The molecule has 0 spiro atoms. The summed E-state index contributed by atoms with van der Waals surface area (Å²) < 4.78 is 0. The van der Waals surface area contributed by atoms with Crippen molar-refractivity contribution in [2.75, 3.05) is 0 Å². The molecule has 1 rings (SSSR count). The van der Waals surface area contributed by atoms with E-state index in [2.05, 4.69) is 4.99 Å². The van der Waals surface area contributed by atoms with Gasteiger partial charge in [0.2, 0.25) is 0 Å². The fourth-order valence-corrected chi connectivity index (χ4v) is 1.04. The first-order valence-electron chi connectivity index (χ1n) is 4.11. The number of hydrogen-bond acceptors (Lipinski definition) is 2. The second-order valence-corrected chi connectivity index (χ2v) is 3.51. The van der Waals surface area contributed by atoms with Crippen molar-refractivity contribution in [3.63, 3.8) is 0 Å². The summed E-state index contributed by atoms with van der Waals surface area (Å²) in [6, 6.07) is 5.11. The Hall–Kier alpha value is -1.02. The molecule has 0 aliphatic carbocycles. The predicted octanol–water partition coefficient (Wildman–Crippen LogP) is 2.87. The highest BCUT2D eigenvalue weighted by atomic mass is 35.5. The maximum absolute atomic E-state index is 9.40. The van der Waals surface area contributed by atoms with Crippen LogP contribution in [0.1, 0.15) is 19.4 Å². The third kappa shape index (κ3) is 3.07. The fourth-order valence-electron chi connectivity index (χ4n) is 0.858. The maximum Gasteiger partial charge on any atom is 0.124 e. The summed E-state index contributed by atoms with van der Waals surface area (Å²) in [7, 11) is 0. The van der Waals surface area contributed by atoms with Gasteiger partial charge in [-0.2, -0.15) is 0 Å². The van der Waals surface area contributed by atoms with Gasteiger partial charge in [-0.3, -0.25) is 4.99 Å². The Morgan fingerprint density at radius 1 is 1.46 bits per heavy atom. The molecule has 0 saturated heterocycles. The lowest BCUT2D eigenvalue weighted by atomic mass is 10.2. The standard InChI is InChI=1S/C10H12ClNO/c1-7(2)12-6-8-5-9(11)3-4-10(8)13/h3-7,13H,1-2H3. The second kappa shape index (κ2) is 4.28. The monoisotopic (exact) mass is 197 g/mol. The van der Waals surface area contributed by atoms with Crippen molar-refractivity contribution in [1.82, 2.24) is 0 Å². The molecule has 0 heterocycles. The number of aromatic hydroxyl groups is 1. The van der Waals surface area contributed by atoms with E-state index in [9.17, 15) is 5.11 Å². The molecule has 0 fully saturated rings. The number of aliphatic imine (C=N–C) groups is 1. The van der Waals surface area contributed by atoms with Gasteiger partial charge in [-0.25, -0.2) is 0 Å². The molecule has 0 bridgehead atoms. The zero-order chi connectivity index (χ0) is 9.84. The molecule has 13 heavy (non-hydrogen) atoms. The second-order valence-electron chi connectivity index (χ2n) is 3.08. The number of benzene rings is 1. The van der Waals surface area contributed by atoms with Gasteiger partial charge in [-0.15, -0.1) is 0 Å². The minimum atomic E-state index is 0.203. The third-order valence-corrected chi connectivity index (χ3v) is 1.74. The lowest BCUT2D eigenvalue weighted by molar-refractivity contribution is 0.474. The van der Waals surface area contributed by atoms with Gasteiger partial charge < -0.3 is 5.11 Å². The molecule has 0 aliphatic heterocycles. The van der Waals surface area contributed by atoms with Crippen molar-refractivity contribution < 1.29 is 5.11 Å². The van der Waals surface area contributed by atoms with Gasteiger partial charge in [0, 0.05) is 22.8 Å². The van der Waals surface area contributed by atoms with Gasteiger partial charge in [0.1, 0.15) is 5.75 Å². The van der Waals surface area contributed by atoms with Gasteiger partial charge in [0.05, 0.1) is 0 Å². The summed E-state index contributed by atoms with van der Waals surface area (Å²) in [6.45, 7) is 3.94. The van der Waals surface area contributed by atoms with Crippen molar-refractivity contribution in [3.8, 4) is 5.75 Å². The van der Waals surface area contributed by atoms with Gasteiger partial charge in [0.15, 0.2) is 0 Å². The molecule has 1 aromatic carbocycles. The first-order chi connectivity index (χ1) is 6.09. The summed E-state index contributed by atoms with van der Waals surface area (Å²) in [5, 5.41) is 10.00. The number of nitrogens with zero attached hydrogens (tertiary/aromatic N) is 1. The van der Waals surface area contributed by atoms with Gasteiger partial charge >= 0.3 is 0 Å². The lowest BCUT2D eigenvalue weighted by Gasteiger charge is -1.99. The van der Waals surface area contributed by atoms with Crippen LogP contribution in [0, 0.1) is 0 Å². The molecule has 70 valence electrons. The molecule has 0 amide bonds. The van der Waals surface area contributed by atoms with Crippen LogP contribution in [-0.2, 0) is 0 Å². The Morgan fingerprint density at radius 2 is 2.15 bits per heavy atom. The van der Waals surface area contributed by atoms with Crippen LogP contribution in [0.5, 0.6) is 5.75 Å². The normalized spacial score (nSPS) is 11.4. The summed E-state index contributed by atoms with van der Waals surface area (Å²) in [6.07, 6.45) is 1.63. The topological polar surface area (TPSA) is 32.6 Å². The van der Waals surface area contributed by atoms with E-state index in [4.69, 9.17) is 11.6 Å². The SMILES string of the molecule is CC(C)N=Cc1cc(Cl)ccc1O. The summed E-state index contributed by atoms with van der Waals surface area (Å²) in [4.78, 5) is 4.15. The van der Waals surface area contributed by atoms with Gasteiger partial charge in [-0.05, 0) is 32.0 Å². The van der Waals surface area contributed by atoms with E-state index in [1.54, 1.807) is 24.4 Å². The molecule has 1 N–H and O–H groups in total. The van der Waals surface area contributed by atoms with Crippen LogP contribution in [0.15, 0.2) is 23.2 Å². The highest BCUT2D eigenvalue weighted by molar-refractivity contribution is 6.30. The minimum Gasteiger partial charge on any atom is -0.507 e. The Morgan fingerprint density at radius 3 is 2.77 bits per heavy atom. The maximum atomic E-state index is 9.40. The molecule has 0 aromatic heterocycles. The van der Waals surface area contributed by atoms with E-state index in [1.807, 2.05) is 13.8 Å². The third-order valence-electron chi connectivity index (χ3n) is 1.50. The van der Waals surface area contributed by atoms with Crippen molar-refractivity contribution in [2.24, 2.45) is 4.99 Å². The first kappa shape index (κ1) is 10.1. The van der Waals surface area contributed by atoms with Crippen LogP contribution < -0.4 is 0 Å². The zero-order valence-electron chi connectivity index (χ0n) is 7.66. The molecule has 0 radical (unpaired) electrons. The van der Waals surface area contributed by atoms with Crippen LogP contribution in [0.25, 0.3) is 0 Å². The van der Waals surface area contributed by atoms with Crippen molar-refractivity contribution >= 4 is 17.8 Å². The lowest BCUT2D eigenvalue weighted by Crippen LogP contribution is -1.90. The summed E-state index contributed by atoms with van der Waals surface area (Å²) in [5.41, 5.74) is 0.654. The van der Waals surface area contributed by atoms with E-state index in [0.717, 1.165) is 0 Å². The predicted molar refractivity (Wildman–Crippen MR) is 55.8 cm³/mol. The smallest absolute Gasteiger partial charge is 0.124 e. The average Bonchev–Trinajstić information content (AvgIpc) is 2.06. The Labute approximate surface area is 82.9 Å². The molecule has 0 aliphatic rings. The molecule has 1 aromatic rings. The van der Waals surface area contributed by atoms with Crippen LogP contribution in [-0.4, -0.2) is 17.4 Å². The molecule has 0 unspecified atom stereocenters. The largest absolute Gasteiger partial charge is 0.507 e. The van der Waals surface area contributed by atoms with Crippen molar-refractivity contribution in [2.45, 2.75) is 19.9 Å². The Bertz CT molecular complexity index is 321. The van der Waals surface area contributed by atoms with E-state index >= 15 is 0 Å². The fraction of sp³-hybridized carbons (Fsp3) is 0.300. The van der Waals surface area contributed by atoms with Crippen molar-refractivity contribution in [1.29, 1.82) is 0 Å². The molecule has 2 nitrogen and oxygen atoms in total. The molecular formula is C10H12ClNO. The van der Waals surface area contributed by atoms with E-state index in [0.29, 0.717) is 10.6 Å². The zero-order valence-corrected chi connectivity index (χ0v) is 8.42. The van der Waals surface area contributed by atoms with Crippen LogP contribution in [0.3, 0.4) is 0 Å². The van der Waals surface area contributed by atoms with Gasteiger partial charge in [0.25, 0.3) is 0 Å². The van der Waals surface area contributed by atoms with Crippen LogP contribution in [0.2, 0.25) is 5.02 Å². The van der Waals surface area contributed by atoms with Crippen molar-refractivity contribution in [3.05, 3.63) is 28.8 Å². The van der Waals surface area contributed by atoms with Crippen LogP contribution >= 0.6 is 11.6 Å². The molecule has 3 heteroatoms. The number of phenols is 1. The van der Waals surface area contributed by atoms with E-state index in [1.165, 1.54) is 0 Å². The van der Waals surface area contributed by atoms with Gasteiger partial charge in [-0.1, -0.05) is 11.6 Å². The molecule has 0 saturated carbocycles. The number of halogens is 1. The number of rotatable bonds is 2. The summed E-state index contributed by atoms with van der Waals surface area (Å²) >= 11 is 5.76. The Kier molecular flexibility index (Phi) is 3.32. The first-order valence-corrected chi connectivity index (χ1v) is 4.49. The van der Waals surface area contributed by atoms with E-state index in [-0.39, 0.29) is 11.8 Å². The van der Waals surface area contributed by atoms with Crippen LogP contribution in [0.4, 0.5) is 0 Å². The Balaban J connectivity index is 2.93. The average molecular weight is 198 g/mol. The number of hydrogen-bond donors (Lipinski definition) is 1. The summed E-state index contributed by atoms with van der Waals surface area (Å²) in [5.74, 6) is 0.203. The number of phenolic OH excluding ortho intramolecular Hbond substituents is 1. The van der Waals surface area contributed by atoms with E-state index < -0.39 is 0 Å². The highest BCUT2D eigenvalue weighted by Gasteiger charge is 1.98. The molecule has 0 atom stereocenters. The molecular weight excluding hydrogens is 186 g/mol. The minimum absolute atomic E-state index is 0.203. The highest BCUT2D eigenvalue weighted by Crippen LogP contribution is 2.19. The quantitative estimate of drug-likeness (QED) is 0.727.